The molecule has 1 atom stereocenters. The number of nitrogens with one attached hydrogen (secondary N) is 2. The summed E-state index contributed by atoms with van der Waals surface area (Å²) in [6, 6.07) is 9.54. The van der Waals surface area contributed by atoms with Crippen molar-refractivity contribution in [3.63, 3.8) is 0 Å². The van der Waals surface area contributed by atoms with Gasteiger partial charge in [-0.15, -0.1) is 0 Å². The lowest BCUT2D eigenvalue weighted by molar-refractivity contribution is -0.140. The van der Waals surface area contributed by atoms with Crippen molar-refractivity contribution in [2.24, 2.45) is 0 Å². The molecule has 0 saturated heterocycles. The van der Waals surface area contributed by atoms with Gasteiger partial charge in [-0.2, -0.15) is 0 Å². The zero-order valence-electron chi connectivity index (χ0n) is 14.9. The second-order valence-corrected chi connectivity index (χ2v) is 6.54. The Hall–Kier alpha value is -3.22. The first-order valence-electron chi connectivity index (χ1n) is 8.80. The van der Waals surface area contributed by atoms with Crippen molar-refractivity contribution in [3.05, 3.63) is 75.1 Å². The molecule has 3 aromatic rings. The molecule has 4 rings (SSSR count). The fraction of sp³-hybridized carbons (Fsp3) is 0.300. The number of furan rings is 1. The molecule has 0 saturated carbocycles. The topological polar surface area (TPSA) is 97.3 Å². The molecule has 2 aromatic heterocycles. The first-order valence-corrected chi connectivity index (χ1v) is 8.80. The third kappa shape index (κ3) is 3.40. The van der Waals surface area contributed by atoms with Crippen LogP contribution in [-0.2, 0) is 22.4 Å². The van der Waals surface area contributed by atoms with Crippen LogP contribution in [0.3, 0.4) is 0 Å². The van der Waals surface area contributed by atoms with Gasteiger partial charge in [-0.1, -0.05) is 12.1 Å². The number of fused-ring (bicyclic) bond motifs is 1. The highest BCUT2D eigenvalue weighted by Gasteiger charge is 2.28. The number of hydrogen-bond donors (Lipinski definition) is 2. The Morgan fingerprint density at radius 2 is 2.19 bits per heavy atom. The van der Waals surface area contributed by atoms with E-state index in [1.54, 1.807) is 12.1 Å². The van der Waals surface area contributed by atoms with E-state index in [4.69, 9.17) is 13.9 Å². The maximum Gasteiger partial charge on any atom is 0.306 e. The molecule has 0 spiro atoms. The van der Waals surface area contributed by atoms with Gasteiger partial charge in [-0.25, -0.2) is 0 Å². The van der Waals surface area contributed by atoms with E-state index in [1.165, 1.54) is 18.9 Å². The van der Waals surface area contributed by atoms with Gasteiger partial charge < -0.3 is 19.0 Å². The number of rotatable bonds is 6. The van der Waals surface area contributed by atoms with E-state index in [9.17, 15) is 9.59 Å². The van der Waals surface area contributed by atoms with Gasteiger partial charge in [0.25, 0.3) is 5.56 Å². The molecular formula is C20H20N2O5. The van der Waals surface area contributed by atoms with Gasteiger partial charge in [0, 0.05) is 18.5 Å². The zero-order valence-corrected chi connectivity index (χ0v) is 14.9. The standard InChI is InChI=1S/C20H20N2O5/c1-25-18(23)11-14(17-3-2-7-26-17)19-15(21-22-20(19)24)10-12-4-5-16-13(9-12)6-8-27-16/h2-5,7,9,14H,6,8,10-11H2,1H3,(H2,21,22,24)/t14-/m0/s1. The average Bonchev–Trinajstić information content (AvgIpc) is 3.41. The molecule has 2 N–H and O–H groups in total. The molecule has 0 fully saturated rings. The molecule has 27 heavy (non-hydrogen) atoms. The van der Waals surface area contributed by atoms with Crippen molar-refractivity contribution in [2.75, 3.05) is 13.7 Å². The van der Waals surface area contributed by atoms with E-state index in [0.29, 0.717) is 24.4 Å². The van der Waals surface area contributed by atoms with Crippen LogP contribution in [0.15, 0.2) is 45.8 Å². The maximum atomic E-state index is 12.5. The van der Waals surface area contributed by atoms with Gasteiger partial charge in [0.1, 0.15) is 11.5 Å². The summed E-state index contributed by atoms with van der Waals surface area (Å²) in [5, 5.41) is 5.61. The van der Waals surface area contributed by atoms with E-state index in [-0.39, 0.29) is 12.0 Å². The number of aromatic nitrogens is 2. The fourth-order valence-electron chi connectivity index (χ4n) is 3.55. The quantitative estimate of drug-likeness (QED) is 0.652. The lowest BCUT2D eigenvalue weighted by Crippen LogP contribution is -2.17. The number of carbonyl (C=O) groups excluding carboxylic acids is 1. The van der Waals surface area contributed by atoms with E-state index in [2.05, 4.69) is 16.3 Å². The summed E-state index contributed by atoms with van der Waals surface area (Å²) in [5.41, 5.74) is 3.19. The van der Waals surface area contributed by atoms with Gasteiger partial charge in [-0.3, -0.25) is 14.7 Å². The molecule has 0 aliphatic carbocycles. The minimum Gasteiger partial charge on any atom is -0.493 e. The molecule has 0 unspecified atom stereocenters. The zero-order chi connectivity index (χ0) is 18.8. The van der Waals surface area contributed by atoms with Crippen LogP contribution in [0, 0.1) is 0 Å². The summed E-state index contributed by atoms with van der Waals surface area (Å²) in [5.74, 6) is 0.544. The molecule has 0 bridgehead atoms. The lowest BCUT2D eigenvalue weighted by atomic mass is 9.91. The monoisotopic (exact) mass is 368 g/mol. The van der Waals surface area contributed by atoms with Crippen LogP contribution in [0.1, 0.15) is 40.5 Å². The summed E-state index contributed by atoms with van der Waals surface area (Å²) in [4.78, 5) is 24.4. The van der Waals surface area contributed by atoms with Crippen LogP contribution < -0.4 is 10.3 Å². The van der Waals surface area contributed by atoms with Crippen LogP contribution in [0.5, 0.6) is 5.75 Å². The van der Waals surface area contributed by atoms with Gasteiger partial charge in [0.2, 0.25) is 0 Å². The van der Waals surface area contributed by atoms with Crippen molar-refractivity contribution in [1.82, 2.24) is 10.2 Å². The minimum absolute atomic E-state index is 0.0238. The van der Waals surface area contributed by atoms with Gasteiger partial charge >= 0.3 is 5.97 Å². The summed E-state index contributed by atoms with van der Waals surface area (Å²) in [7, 11) is 1.33. The molecule has 7 heteroatoms. The first-order chi connectivity index (χ1) is 13.2. The number of carbonyl (C=O) groups is 1. The van der Waals surface area contributed by atoms with Gasteiger partial charge in [0.05, 0.1) is 37.9 Å². The van der Waals surface area contributed by atoms with Crippen LogP contribution in [0.2, 0.25) is 0 Å². The van der Waals surface area contributed by atoms with Crippen LogP contribution in [0.4, 0.5) is 0 Å². The molecule has 0 radical (unpaired) electrons. The van der Waals surface area contributed by atoms with E-state index in [0.717, 1.165) is 23.4 Å². The Morgan fingerprint density at radius 1 is 1.30 bits per heavy atom. The number of H-pyrrole nitrogens is 2. The van der Waals surface area contributed by atoms with Crippen molar-refractivity contribution in [1.29, 1.82) is 0 Å². The molecule has 7 nitrogen and oxygen atoms in total. The van der Waals surface area contributed by atoms with E-state index < -0.39 is 11.9 Å². The summed E-state index contributed by atoms with van der Waals surface area (Å²) in [6.07, 6.45) is 2.97. The molecule has 3 heterocycles. The molecule has 1 aliphatic heterocycles. The SMILES string of the molecule is COC(=O)C[C@@H](c1ccco1)c1c(Cc2ccc3c(c2)CCO3)[nH][nH]c1=O. The maximum absolute atomic E-state index is 12.5. The average molecular weight is 368 g/mol. The minimum atomic E-state index is -0.518. The summed E-state index contributed by atoms with van der Waals surface area (Å²) >= 11 is 0. The van der Waals surface area contributed by atoms with Gasteiger partial charge in [-0.05, 0) is 29.3 Å². The molecule has 1 aromatic carbocycles. The predicted molar refractivity (Wildman–Crippen MR) is 97.0 cm³/mol. The number of methoxy groups -OCH3 is 1. The normalized spacial score (nSPS) is 13.8. The van der Waals surface area contributed by atoms with Crippen LogP contribution >= 0.6 is 0 Å². The molecular weight excluding hydrogens is 348 g/mol. The summed E-state index contributed by atoms with van der Waals surface area (Å²) < 4.78 is 15.8. The number of esters is 1. The second kappa shape index (κ2) is 7.19. The summed E-state index contributed by atoms with van der Waals surface area (Å²) in [6.45, 7) is 0.699. The third-order valence-corrected chi connectivity index (χ3v) is 4.86. The highest BCUT2D eigenvalue weighted by atomic mass is 16.5. The van der Waals surface area contributed by atoms with Crippen LogP contribution in [-0.4, -0.2) is 29.9 Å². The number of hydrogen-bond acceptors (Lipinski definition) is 5. The predicted octanol–water partition coefficient (Wildman–Crippen LogP) is 2.52. The Kier molecular flexibility index (Phi) is 4.58. The van der Waals surface area contributed by atoms with E-state index in [1.807, 2.05) is 12.1 Å². The molecule has 0 amide bonds. The van der Waals surface area contributed by atoms with E-state index >= 15 is 0 Å². The Bertz CT molecular complexity index is 1000. The Labute approximate surface area is 155 Å². The number of benzene rings is 1. The fourth-order valence-corrected chi connectivity index (χ4v) is 3.55. The number of ether oxygens (including phenoxy) is 2. The largest absolute Gasteiger partial charge is 0.493 e. The second-order valence-electron chi connectivity index (χ2n) is 6.54. The van der Waals surface area contributed by atoms with Crippen molar-refractivity contribution < 1.29 is 18.7 Å². The highest BCUT2D eigenvalue weighted by molar-refractivity contribution is 5.71. The number of aromatic amines is 2. The highest BCUT2D eigenvalue weighted by Crippen LogP contribution is 2.31. The molecule has 140 valence electrons. The first kappa shape index (κ1) is 17.2. The van der Waals surface area contributed by atoms with Crippen molar-refractivity contribution >= 4 is 5.97 Å². The smallest absolute Gasteiger partial charge is 0.306 e. The van der Waals surface area contributed by atoms with Crippen molar-refractivity contribution in [2.45, 2.75) is 25.2 Å². The Morgan fingerprint density at radius 3 is 2.96 bits per heavy atom. The Balaban J connectivity index is 1.69. The molecule has 1 aliphatic rings. The van der Waals surface area contributed by atoms with Gasteiger partial charge in [0.15, 0.2) is 0 Å². The van der Waals surface area contributed by atoms with Crippen LogP contribution in [0.25, 0.3) is 0 Å². The lowest BCUT2D eigenvalue weighted by Gasteiger charge is -2.13. The van der Waals surface area contributed by atoms with Crippen molar-refractivity contribution in [3.8, 4) is 5.75 Å². The third-order valence-electron chi connectivity index (χ3n) is 4.86.